The average molecular weight is 464 g/mol. The Morgan fingerprint density at radius 3 is 2.61 bits per heavy atom. The predicted molar refractivity (Wildman–Crippen MR) is 113 cm³/mol. The third kappa shape index (κ3) is 6.01. The van der Waals surface area contributed by atoms with Crippen LogP contribution in [-0.4, -0.2) is 48.8 Å². The molecule has 0 bridgehead atoms. The molecule has 0 radical (unpaired) electrons. The summed E-state index contributed by atoms with van der Waals surface area (Å²) in [5, 5.41) is 0. The number of hydrogen-bond acceptors (Lipinski definition) is 5. The fraction of sp³-hybridized carbons (Fsp3) is 0.333. The summed E-state index contributed by atoms with van der Waals surface area (Å²) in [6.07, 6.45) is 2.14. The van der Waals surface area contributed by atoms with E-state index < -0.39 is 5.97 Å². The number of esters is 1. The summed E-state index contributed by atoms with van der Waals surface area (Å²) in [7, 11) is 0. The first-order chi connectivity index (χ1) is 13.6. The lowest BCUT2D eigenvalue weighted by Gasteiger charge is -2.15. The van der Waals surface area contributed by atoms with Crippen molar-refractivity contribution < 1.29 is 19.1 Å². The van der Waals surface area contributed by atoms with Gasteiger partial charge in [-0.1, -0.05) is 34.1 Å². The average Bonchev–Trinajstić information content (AvgIpc) is 3.24. The van der Waals surface area contributed by atoms with Crippen molar-refractivity contribution in [1.82, 2.24) is 4.90 Å². The van der Waals surface area contributed by atoms with Crippen LogP contribution in [0.5, 0.6) is 5.75 Å². The summed E-state index contributed by atoms with van der Waals surface area (Å²) < 4.78 is 11.8. The molecule has 0 spiro atoms. The first kappa shape index (κ1) is 20.7. The van der Waals surface area contributed by atoms with Crippen LogP contribution in [0, 0.1) is 0 Å². The Balaban J connectivity index is 1.48. The molecule has 1 aliphatic heterocycles. The Labute approximate surface area is 177 Å². The maximum Gasteiger partial charge on any atom is 0.339 e. The number of hydrogen-bond donors (Lipinski definition) is 0. The fourth-order valence-corrected chi connectivity index (χ4v) is 4.21. The van der Waals surface area contributed by atoms with E-state index in [2.05, 4.69) is 15.9 Å². The van der Waals surface area contributed by atoms with E-state index in [-0.39, 0.29) is 19.1 Å². The predicted octanol–water partition coefficient (Wildman–Crippen LogP) is 4.40. The van der Waals surface area contributed by atoms with Crippen molar-refractivity contribution in [2.24, 2.45) is 0 Å². The molecule has 1 fully saturated rings. The lowest BCUT2D eigenvalue weighted by Crippen LogP contribution is -2.29. The highest BCUT2D eigenvalue weighted by molar-refractivity contribution is 9.10. The highest BCUT2D eigenvalue weighted by Gasteiger charge is 2.19. The third-order valence-electron chi connectivity index (χ3n) is 4.30. The van der Waals surface area contributed by atoms with Crippen molar-refractivity contribution in [1.29, 1.82) is 0 Å². The topological polar surface area (TPSA) is 55.8 Å². The molecule has 5 nitrogen and oxygen atoms in total. The van der Waals surface area contributed by atoms with Crippen molar-refractivity contribution in [2.75, 3.05) is 32.1 Å². The zero-order valence-electron chi connectivity index (χ0n) is 15.4. The van der Waals surface area contributed by atoms with Gasteiger partial charge in [0.25, 0.3) is 0 Å². The van der Waals surface area contributed by atoms with Gasteiger partial charge in [0.2, 0.25) is 5.91 Å². The third-order valence-corrected chi connectivity index (χ3v) is 5.85. The molecular weight excluding hydrogens is 442 g/mol. The second kappa shape index (κ2) is 10.5. The number of likely N-dealkylation sites (tertiary alicyclic amines) is 1. The number of ether oxygens (including phenoxy) is 2. The Bertz CT molecular complexity index is 824. The molecule has 1 saturated heterocycles. The SMILES string of the molecule is O=C(OCCOc1cccc(Br)c1)c1ccccc1SCC(=O)N1CCCC1. The molecule has 1 heterocycles. The molecule has 3 rings (SSSR count). The molecule has 0 aliphatic carbocycles. The molecular formula is C21H22BrNO4S. The zero-order valence-corrected chi connectivity index (χ0v) is 17.8. The molecule has 0 atom stereocenters. The van der Waals surface area contributed by atoms with E-state index in [0.29, 0.717) is 17.1 Å². The van der Waals surface area contributed by atoms with E-state index in [4.69, 9.17) is 9.47 Å². The molecule has 0 unspecified atom stereocenters. The first-order valence-corrected chi connectivity index (χ1v) is 11.0. The van der Waals surface area contributed by atoms with Gasteiger partial charge < -0.3 is 14.4 Å². The number of amides is 1. The number of halogens is 1. The van der Waals surface area contributed by atoms with Gasteiger partial charge in [0.1, 0.15) is 19.0 Å². The summed E-state index contributed by atoms with van der Waals surface area (Å²) >= 11 is 4.76. The second-order valence-electron chi connectivity index (χ2n) is 6.31. The fourth-order valence-electron chi connectivity index (χ4n) is 2.89. The number of benzene rings is 2. The van der Waals surface area contributed by atoms with E-state index in [1.165, 1.54) is 11.8 Å². The van der Waals surface area contributed by atoms with Crippen LogP contribution in [-0.2, 0) is 9.53 Å². The van der Waals surface area contributed by atoms with Crippen LogP contribution in [0.25, 0.3) is 0 Å². The highest BCUT2D eigenvalue weighted by atomic mass is 79.9. The summed E-state index contributed by atoms with van der Waals surface area (Å²) in [6.45, 7) is 2.09. The molecule has 28 heavy (non-hydrogen) atoms. The minimum Gasteiger partial charge on any atom is -0.490 e. The number of thioether (sulfide) groups is 1. The quantitative estimate of drug-likeness (QED) is 0.329. The van der Waals surface area contributed by atoms with Gasteiger partial charge in [-0.25, -0.2) is 4.79 Å². The minimum atomic E-state index is -0.408. The van der Waals surface area contributed by atoms with Gasteiger partial charge in [-0.3, -0.25) is 4.79 Å². The number of carbonyl (C=O) groups is 2. The van der Waals surface area contributed by atoms with Gasteiger partial charge in [-0.05, 0) is 43.2 Å². The van der Waals surface area contributed by atoms with E-state index in [0.717, 1.165) is 35.3 Å². The zero-order chi connectivity index (χ0) is 19.8. The minimum absolute atomic E-state index is 0.119. The number of nitrogens with zero attached hydrogens (tertiary/aromatic N) is 1. The summed E-state index contributed by atoms with van der Waals surface area (Å²) in [5.74, 6) is 0.750. The lowest BCUT2D eigenvalue weighted by molar-refractivity contribution is -0.127. The smallest absolute Gasteiger partial charge is 0.339 e. The Kier molecular flexibility index (Phi) is 7.80. The monoisotopic (exact) mass is 463 g/mol. The second-order valence-corrected chi connectivity index (χ2v) is 8.25. The van der Waals surface area contributed by atoms with E-state index in [1.807, 2.05) is 41.3 Å². The van der Waals surface area contributed by atoms with Crippen LogP contribution < -0.4 is 4.74 Å². The van der Waals surface area contributed by atoms with Gasteiger partial charge in [-0.2, -0.15) is 0 Å². The standard InChI is InChI=1S/C21H22BrNO4S/c22-16-6-5-7-17(14-16)26-12-13-27-21(25)18-8-1-2-9-19(18)28-15-20(24)23-10-3-4-11-23/h1-2,5-9,14H,3-4,10-13,15H2. The van der Waals surface area contributed by atoms with E-state index >= 15 is 0 Å². The van der Waals surface area contributed by atoms with Crippen molar-refractivity contribution in [3.63, 3.8) is 0 Å². The molecule has 148 valence electrons. The summed E-state index contributed by atoms with van der Waals surface area (Å²) in [6, 6.07) is 14.7. The van der Waals surface area contributed by atoms with Crippen LogP contribution in [0.4, 0.5) is 0 Å². The van der Waals surface area contributed by atoms with Crippen LogP contribution >= 0.6 is 27.7 Å². The maximum absolute atomic E-state index is 12.4. The van der Waals surface area contributed by atoms with Crippen LogP contribution in [0.2, 0.25) is 0 Å². The molecule has 0 aromatic heterocycles. The van der Waals surface area contributed by atoms with Crippen LogP contribution in [0.1, 0.15) is 23.2 Å². The summed E-state index contributed by atoms with van der Waals surface area (Å²) in [4.78, 5) is 27.3. The molecule has 0 saturated carbocycles. The van der Waals surface area contributed by atoms with E-state index in [1.54, 1.807) is 12.1 Å². The highest BCUT2D eigenvalue weighted by Crippen LogP contribution is 2.24. The van der Waals surface area contributed by atoms with Gasteiger partial charge in [0, 0.05) is 22.5 Å². The first-order valence-electron chi connectivity index (χ1n) is 9.18. The van der Waals surface area contributed by atoms with Gasteiger partial charge in [-0.15, -0.1) is 11.8 Å². The van der Waals surface area contributed by atoms with E-state index in [9.17, 15) is 9.59 Å². The Morgan fingerprint density at radius 2 is 1.82 bits per heavy atom. The van der Waals surface area contributed by atoms with Crippen molar-refractivity contribution in [3.8, 4) is 5.75 Å². The van der Waals surface area contributed by atoms with Crippen LogP contribution in [0.3, 0.4) is 0 Å². The molecule has 2 aromatic carbocycles. The molecule has 7 heteroatoms. The van der Waals surface area contributed by atoms with Crippen molar-refractivity contribution in [2.45, 2.75) is 17.7 Å². The number of rotatable bonds is 8. The Hall–Kier alpha value is -1.99. The number of carbonyl (C=O) groups excluding carboxylic acids is 2. The van der Waals surface area contributed by atoms with Gasteiger partial charge in [0.15, 0.2) is 0 Å². The largest absolute Gasteiger partial charge is 0.490 e. The van der Waals surface area contributed by atoms with Crippen molar-refractivity contribution in [3.05, 3.63) is 58.6 Å². The van der Waals surface area contributed by atoms with Gasteiger partial charge >= 0.3 is 5.97 Å². The Morgan fingerprint density at radius 1 is 1.04 bits per heavy atom. The van der Waals surface area contributed by atoms with Gasteiger partial charge in [0.05, 0.1) is 11.3 Å². The lowest BCUT2D eigenvalue weighted by atomic mass is 10.2. The molecule has 0 N–H and O–H groups in total. The normalized spacial score (nSPS) is 13.4. The van der Waals surface area contributed by atoms with Crippen molar-refractivity contribution >= 4 is 39.6 Å². The van der Waals surface area contributed by atoms with Crippen LogP contribution in [0.15, 0.2) is 57.9 Å². The maximum atomic E-state index is 12.4. The molecule has 1 amide bonds. The summed E-state index contributed by atoms with van der Waals surface area (Å²) in [5.41, 5.74) is 0.476. The molecule has 2 aromatic rings. The molecule has 1 aliphatic rings.